The molecule has 1 aromatic heterocycles. The normalized spacial score (nSPS) is 12.6. The molecule has 0 radical (unpaired) electrons. The highest BCUT2D eigenvalue weighted by molar-refractivity contribution is 8.02. The summed E-state index contributed by atoms with van der Waals surface area (Å²) in [6, 6.07) is 12.5. The van der Waals surface area contributed by atoms with E-state index in [4.69, 9.17) is 11.6 Å². The van der Waals surface area contributed by atoms with Crippen molar-refractivity contribution in [1.82, 2.24) is 10.4 Å². The number of phenols is 1. The largest absolute Gasteiger partial charge is 0.507 e. The van der Waals surface area contributed by atoms with E-state index in [1.807, 2.05) is 24.3 Å². The van der Waals surface area contributed by atoms with E-state index in [1.165, 1.54) is 24.0 Å². The Morgan fingerprint density at radius 3 is 3.00 bits per heavy atom. The number of rotatable bonds is 5. The predicted molar refractivity (Wildman–Crippen MR) is 104 cm³/mol. The second kappa shape index (κ2) is 7.86. The fourth-order valence-corrected chi connectivity index (χ4v) is 4.38. The van der Waals surface area contributed by atoms with Crippen LogP contribution in [0, 0.1) is 0 Å². The number of amides is 1. The molecule has 0 aliphatic carbocycles. The number of thiazole rings is 1. The minimum atomic E-state index is -0.356. The summed E-state index contributed by atoms with van der Waals surface area (Å²) in [5.74, 6) is -0.207. The second-order valence-corrected chi connectivity index (χ2v) is 8.20. The van der Waals surface area contributed by atoms with E-state index in [2.05, 4.69) is 15.5 Å². The summed E-state index contributed by atoms with van der Waals surface area (Å²) >= 11 is 8.80. The molecule has 128 valence electrons. The van der Waals surface area contributed by atoms with E-state index in [0.717, 1.165) is 14.6 Å². The number of phenolic OH excluding ortho intramolecular Hbond substituents is 1. The van der Waals surface area contributed by atoms with Crippen molar-refractivity contribution < 1.29 is 9.90 Å². The molecule has 3 aromatic rings. The topological polar surface area (TPSA) is 74.6 Å². The van der Waals surface area contributed by atoms with Gasteiger partial charge >= 0.3 is 0 Å². The van der Waals surface area contributed by atoms with Crippen LogP contribution in [0.3, 0.4) is 0 Å². The second-order valence-electron chi connectivity index (χ2n) is 5.14. The first-order chi connectivity index (χ1) is 12.0. The van der Waals surface area contributed by atoms with Gasteiger partial charge in [0.2, 0.25) is 0 Å². The van der Waals surface area contributed by atoms with Crippen molar-refractivity contribution in [3.05, 3.63) is 53.1 Å². The van der Waals surface area contributed by atoms with E-state index in [-0.39, 0.29) is 16.9 Å². The molecule has 0 saturated carbocycles. The van der Waals surface area contributed by atoms with Crippen molar-refractivity contribution >= 4 is 57.0 Å². The summed E-state index contributed by atoms with van der Waals surface area (Å²) in [5, 5.41) is 13.7. The van der Waals surface area contributed by atoms with E-state index in [1.54, 1.807) is 30.4 Å². The number of fused-ring (bicyclic) bond motifs is 1. The number of aromatic nitrogens is 1. The highest BCUT2D eigenvalue weighted by Crippen LogP contribution is 2.31. The lowest BCUT2D eigenvalue weighted by Crippen LogP contribution is -2.26. The van der Waals surface area contributed by atoms with Crippen LogP contribution >= 0.6 is 34.7 Å². The Morgan fingerprint density at radius 2 is 2.20 bits per heavy atom. The molecule has 1 heterocycles. The van der Waals surface area contributed by atoms with Gasteiger partial charge in [0.1, 0.15) is 5.75 Å². The summed E-state index contributed by atoms with van der Waals surface area (Å²) in [6.07, 6.45) is 1.36. The summed E-state index contributed by atoms with van der Waals surface area (Å²) in [6.45, 7) is 1.79. The van der Waals surface area contributed by atoms with Crippen LogP contribution in [-0.4, -0.2) is 27.5 Å². The average Bonchev–Trinajstić information content (AvgIpc) is 3.00. The van der Waals surface area contributed by atoms with E-state index < -0.39 is 0 Å². The fraction of sp³-hybridized carbons (Fsp3) is 0.118. The number of halogens is 1. The fourth-order valence-electron chi connectivity index (χ4n) is 1.99. The van der Waals surface area contributed by atoms with Crippen LogP contribution in [-0.2, 0) is 4.79 Å². The maximum Gasteiger partial charge on any atom is 0.253 e. The van der Waals surface area contributed by atoms with Gasteiger partial charge in [-0.15, -0.1) is 11.3 Å². The monoisotopic (exact) mass is 391 g/mol. The molecule has 1 amide bonds. The smallest absolute Gasteiger partial charge is 0.253 e. The van der Waals surface area contributed by atoms with E-state index in [9.17, 15) is 9.90 Å². The molecule has 5 nitrogen and oxygen atoms in total. The summed E-state index contributed by atoms with van der Waals surface area (Å²) < 4.78 is 1.92. The Hall–Kier alpha value is -2.09. The zero-order valence-corrected chi connectivity index (χ0v) is 15.5. The number of para-hydroxylation sites is 1. The van der Waals surface area contributed by atoms with Crippen molar-refractivity contribution in [2.24, 2.45) is 5.10 Å². The van der Waals surface area contributed by atoms with Gasteiger partial charge in [-0.25, -0.2) is 10.4 Å². The summed E-state index contributed by atoms with van der Waals surface area (Å²) in [4.78, 5) is 16.6. The van der Waals surface area contributed by atoms with Gasteiger partial charge in [-0.1, -0.05) is 35.5 Å². The lowest BCUT2D eigenvalue weighted by Gasteiger charge is -2.06. The van der Waals surface area contributed by atoms with Crippen LogP contribution in [0.4, 0.5) is 0 Å². The number of aromatic hydroxyl groups is 1. The molecule has 3 rings (SSSR count). The first-order valence-electron chi connectivity index (χ1n) is 7.36. The zero-order valence-electron chi connectivity index (χ0n) is 13.1. The number of carbonyl (C=O) groups is 1. The van der Waals surface area contributed by atoms with Gasteiger partial charge in [0.25, 0.3) is 5.91 Å². The maximum absolute atomic E-state index is 12.1. The number of thioether (sulfide) groups is 1. The van der Waals surface area contributed by atoms with Crippen molar-refractivity contribution in [3.8, 4) is 5.75 Å². The number of carbonyl (C=O) groups excluding carboxylic acids is 1. The van der Waals surface area contributed by atoms with Crippen LogP contribution in [0.1, 0.15) is 12.5 Å². The highest BCUT2D eigenvalue weighted by atomic mass is 35.5. The van der Waals surface area contributed by atoms with E-state index in [0.29, 0.717) is 10.6 Å². The van der Waals surface area contributed by atoms with Gasteiger partial charge in [0.05, 0.1) is 21.7 Å². The molecule has 1 atom stereocenters. The Balaban J connectivity index is 1.60. The maximum atomic E-state index is 12.1. The van der Waals surface area contributed by atoms with Gasteiger partial charge in [0, 0.05) is 10.6 Å². The number of hydrazone groups is 1. The molecule has 25 heavy (non-hydrogen) atoms. The molecular weight excluding hydrogens is 378 g/mol. The Kier molecular flexibility index (Phi) is 5.57. The molecule has 0 saturated heterocycles. The lowest BCUT2D eigenvalue weighted by atomic mass is 10.2. The third-order valence-electron chi connectivity index (χ3n) is 3.29. The van der Waals surface area contributed by atoms with Crippen molar-refractivity contribution in [1.29, 1.82) is 0 Å². The van der Waals surface area contributed by atoms with Crippen LogP contribution < -0.4 is 5.43 Å². The van der Waals surface area contributed by atoms with Crippen LogP contribution in [0.25, 0.3) is 10.2 Å². The first-order valence-corrected chi connectivity index (χ1v) is 9.44. The molecule has 2 aromatic carbocycles. The van der Waals surface area contributed by atoms with Crippen LogP contribution in [0.2, 0.25) is 5.02 Å². The predicted octanol–water partition coefficient (Wildman–Crippen LogP) is 4.29. The summed E-state index contributed by atoms with van der Waals surface area (Å²) in [7, 11) is 0. The Labute approximate surface area is 157 Å². The van der Waals surface area contributed by atoms with Gasteiger partial charge in [-0.2, -0.15) is 5.10 Å². The van der Waals surface area contributed by atoms with Crippen molar-refractivity contribution in [2.75, 3.05) is 0 Å². The quantitative estimate of drug-likeness (QED) is 0.386. The molecule has 8 heteroatoms. The van der Waals surface area contributed by atoms with Crippen molar-refractivity contribution in [2.45, 2.75) is 16.5 Å². The SMILES string of the molecule is C[C@@H](Sc1nc2ccccc2s1)C(=O)N/N=C\c1cc(Cl)ccc1O. The lowest BCUT2D eigenvalue weighted by molar-refractivity contribution is -0.120. The molecule has 0 spiro atoms. The van der Waals surface area contributed by atoms with Crippen molar-refractivity contribution in [3.63, 3.8) is 0 Å². The first kappa shape index (κ1) is 17.7. The molecule has 2 N–H and O–H groups in total. The van der Waals surface area contributed by atoms with Gasteiger partial charge < -0.3 is 5.11 Å². The highest BCUT2D eigenvalue weighted by Gasteiger charge is 2.16. The molecule has 0 aliphatic rings. The standard InChI is InChI=1S/C17H14ClN3O2S2/c1-10(24-17-20-13-4-2-3-5-15(13)25-17)16(23)21-19-9-11-8-12(18)6-7-14(11)22/h2-10,22H,1H3,(H,21,23)/b19-9-/t10-/m1/s1. The number of nitrogens with zero attached hydrogens (tertiary/aromatic N) is 2. The summed E-state index contributed by atoms with van der Waals surface area (Å²) in [5.41, 5.74) is 3.82. The molecule has 0 aliphatic heterocycles. The van der Waals surface area contributed by atoms with Gasteiger partial charge in [-0.3, -0.25) is 4.79 Å². The third-order valence-corrected chi connectivity index (χ3v) is 5.75. The Morgan fingerprint density at radius 1 is 1.40 bits per heavy atom. The average molecular weight is 392 g/mol. The molecule has 0 bridgehead atoms. The number of benzene rings is 2. The molecule has 0 unspecified atom stereocenters. The minimum Gasteiger partial charge on any atom is -0.507 e. The zero-order chi connectivity index (χ0) is 17.8. The van der Waals surface area contributed by atoms with Crippen LogP contribution in [0.15, 0.2) is 51.9 Å². The van der Waals surface area contributed by atoms with E-state index >= 15 is 0 Å². The van der Waals surface area contributed by atoms with Gasteiger partial charge in [0.15, 0.2) is 4.34 Å². The molecule has 0 fully saturated rings. The Bertz CT molecular complexity index is 910. The number of hydrogen-bond donors (Lipinski definition) is 2. The number of nitrogens with one attached hydrogen (secondary N) is 1. The third kappa shape index (κ3) is 4.50. The molecular formula is C17H14ClN3O2S2. The van der Waals surface area contributed by atoms with Crippen LogP contribution in [0.5, 0.6) is 5.75 Å². The van der Waals surface area contributed by atoms with Gasteiger partial charge in [-0.05, 0) is 37.3 Å². The number of hydrogen-bond acceptors (Lipinski definition) is 6. The minimum absolute atomic E-state index is 0.0410.